The summed E-state index contributed by atoms with van der Waals surface area (Å²) in [5.41, 5.74) is 0.0948. The summed E-state index contributed by atoms with van der Waals surface area (Å²) in [6, 6.07) is 6.46. The molecule has 1 amide bonds. The van der Waals surface area contributed by atoms with Crippen LogP contribution in [0.25, 0.3) is 0 Å². The van der Waals surface area contributed by atoms with Crippen LogP contribution in [-0.4, -0.2) is 40.4 Å². The zero-order valence-corrected chi connectivity index (χ0v) is 12.5. The number of hydrogen-bond donors (Lipinski definition) is 2. The second-order valence-electron chi connectivity index (χ2n) is 5.80. The number of carbonyl (C=O) groups excluding carboxylic acids is 1. The summed E-state index contributed by atoms with van der Waals surface area (Å²) >= 11 is 0. The smallest absolute Gasteiger partial charge is 0.410 e. The first-order chi connectivity index (χ1) is 9.19. The Morgan fingerprint density at radius 2 is 2.05 bits per heavy atom. The Hall–Kier alpha value is -1.75. The second-order valence-corrected chi connectivity index (χ2v) is 5.80. The number of hydrogen-bond acceptors (Lipinski definition) is 4. The lowest BCUT2D eigenvalue weighted by Crippen LogP contribution is -2.35. The van der Waals surface area contributed by atoms with Crippen LogP contribution in [0.1, 0.15) is 38.9 Å². The van der Waals surface area contributed by atoms with E-state index in [-0.39, 0.29) is 5.75 Å². The Morgan fingerprint density at radius 3 is 2.60 bits per heavy atom. The lowest BCUT2D eigenvalue weighted by molar-refractivity contribution is 0.0273. The van der Waals surface area contributed by atoms with Gasteiger partial charge in [0.05, 0.1) is 6.10 Å². The third-order valence-corrected chi connectivity index (χ3v) is 2.70. The fourth-order valence-electron chi connectivity index (χ4n) is 1.65. The standard InChI is InChI=1S/C15H23NO4/c1-15(2,3)20-14(19)16(4)9-8-13(18)11-6-5-7-12(17)10-11/h5-7,10,13,17-18H,8-9H2,1-4H3. The van der Waals surface area contributed by atoms with E-state index >= 15 is 0 Å². The first kappa shape index (κ1) is 16.3. The van der Waals surface area contributed by atoms with Crippen LogP contribution in [0.4, 0.5) is 4.79 Å². The molecule has 0 bridgehead atoms. The minimum atomic E-state index is -0.730. The molecule has 20 heavy (non-hydrogen) atoms. The van der Waals surface area contributed by atoms with E-state index in [1.54, 1.807) is 46.0 Å². The van der Waals surface area contributed by atoms with Crippen molar-refractivity contribution in [3.8, 4) is 5.75 Å². The van der Waals surface area contributed by atoms with Crippen molar-refractivity contribution in [1.82, 2.24) is 4.90 Å². The van der Waals surface area contributed by atoms with E-state index in [1.165, 1.54) is 11.0 Å². The molecule has 1 aromatic carbocycles. The Bertz CT molecular complexity index is 453. The van der Waals surface area contributed by atoms with E-state index < -0.39 is 17.8 Å². The lowest BCUT2D eigenvalue weighted by atomic mass is 10.1. The van der Waals surface area contributed by atoms with Crippen LogP contribution in [0.15, 0.2) is 24.3 Å². The summed E-state index contributed by atoms with van der Waals surface area (Å²) in [6.07, 6.45) is -0.772. The molecule has 0 aliphatic carbocycles. The number of carbonyl (C=O) groups is 1. The topological polar surface area (TPSA) is 70.0 Å². The zero-order valence-electron chi connectivity index (χ0n) is 12.5. The molecule has 0 saturated carbocycles. The predicted molar refractivity (Wildman–Crippen MR) is 76.5 cm³/mol. The minimum Gasteiger partial charge on any atom is -0.508 e. The van der Waals surface area contributed by atoms with Crippen LogP contribution in [0.2, 0.25) is 0 Å². The third kappa shape index (κ3) is 5.48. The van der Waals surface area contributed by atoms with Gasteiger partial charge in [0.2, 0.25) is 0 Å². The zero-order chi connectivity index (χ0) is 15.3. The summed E-state index contributed by atoms with van der Waals surface area (Å²) in [6.45, 7) is 5.78. The van der Waals surface area contributed by atoms with Gasteiger partial charge in [-0.05, 0) is 44.9 Å². The Balaban J connectivity index is 2.48. The number of phenols is 1. The molecule has 0 aromatic heterocycles. The Labute approximate surface area is 119 Å². The number of nitrogens with zero attached hydrogens (tertiary/aromatic N) is 1. The third-order valence-electron chi connectivity index (χ3n) is 2.70. The first-order valence-corrected chi connectivity index (χ1v) is 6.60. The highest BCUT2D eigenvalue weighted by molar-refractivity contribution is 5.67. The molecular formula is C15H23NO4. The van der Waals surface area contributed by atoms with Crippen molar-refractivity contribution in [3.63, 3.8) is 0 Å². The number of aliphatic hydroxyl groups excluding tert-OH is 1. The predicted octanol–water partition coefficient (Wildman–Crippen LogP) is 2.68. The summed E-state index contributed by atoms with van der Waals surface area (Å²) in [5.74, 6) is 0.113. The summed E-state index contributed by atoms with van der Waals surface area (Å²) in [5, 5.41) is 19.4. The molecule has 1 atom stereocenters. The number of phenolic OH excluding ortho intramolecular Hbond substituents is 1. The number of rotatable bonds is 4. The van der Waals surface area contributed by atoms with E-state index in [0.29, 0.717) is 18.5 Å². The molecule has 1 rings (SSSR count). The molecule has 0 saturated heterocycles. The highest BCUT2D eigenvalue weighted by Crippen LogP contribution is 2.21. The van der Waals surface area contributed by atoms with Gasteiger partial charge >= 0.3 is 6.09 Å². The molecule has 1 aromatic rings. The molecule has 112 valence electrons. The van der Waals surface area contributed by atoms with Crippen LogP contribution >= 0.6 is 0 Å². The van der Waals surface area contributed by atoms with Gasteiger partial charge in [-0.2, -0.15) is 0 Å². The molecule has 0 spiro atoms. The van der Waals surface area contributed by atoms with Gasteiger partial charge in [-0.15, -0.1) is 0 Å². The maximum atomic E-state index is 11.7. The van der Waals surface area contributed by atoms with Crippen molar-refractivity contribution in [2.24, 2.45) is 0 Å². The molecule has 0 heterocycles. The van der Waals surface area contributed by atoms with Gasteiger partial charge in [-0.1, -0.05) is 12.1 Å². The van der Waals surface area contributed by atoms with Crippen molar-refractivity contribution in [1.29, 1.82) is 0 Å². The molecule has 2 N–H and O–H groups in total. The van der Waals surface area contributed by atoms with Gasteiger partial charge in [0.15, 0.2) is 0 Å². The number of amides is 1. The van der Waals surface area contributed by atoms with Gasteiger partial charge in [0.1, 0.15) is 11.4 Å². The molecule has 0 aliphatic heterocycles. The highest BCUT2D eigenvalue weighted by atomic mass is 16.6. The number of ether oxygens (including phenoxy) is 1. The SMILES string of the molecule is CN(CCC(O)c1cccc(O)c1)C(=O)OC(C)(C)C. The fraction of sp³-hybridized carbons (Fsp3) is 0.533. The van der Waals surface area contributed by atoms with E-state index in [4.69, 9.17) is 4.74 Å². The van der Waals surface area contributed by atoms with Gasteiger partial charge < -0.3 is 19.8 Å². The molecular weight excluding hydrogens is 258 g/mol. The fourth-order valence-corrected chi connectivity index (χ4v) is 1.65. The van der Waals surface area contributed by atoms with E-state index in [2.05, 4.69) is 0 Å². The van der Waals surface area contributed by atoms with Gasteiger partial charge in [0, 0.05) is 13.6 Å². The Morgan fingerprint density at radius 1 is 1.40 bits per heavy atom. The van der Waals surface area contributed by atoms with Gasteiger partial charge in [-0.25, -0.2) is 4.79 Å². The number of benzene rings is 1. The van der Waals surface area contributed by atoms with Crippen LogP contribution in [0.5, 0.6) is 5.75 Å². The van der Waals surface area contributed by atoms with Crippen molar-refractivity contribution in [2.45, 2.75) is 38.9 Å². The Kier molecular flexibility index (Phi) is 5.39. The second kappa shape index (κ2) is 6.61. The highest BCUT2D eigenvalue weighted by Gasteiger charge is 2.20. The summed E-state index contributed by atoms with van der Waals surface area (Å²) < 4.78 is 5.22. The molecule has 1 unspecified atom stereocenters. The molecule has 0 radical (unpaired) electrons. The summed E-state index contributed by atoms with van der Waals surface area (Å²) in [4.78, 5) is 13.2. The molecule has 0 aliphatic rings. The van der Waals surface area contributed by atoms with Crippen molar-refractivity contribution in [2.75, 3.05) is 13.6 Å². The van der Waals surface area contributed by atoms with Crippen LogP contribution in [0.3, 0.4) is 0 Å². The van der Waals surface area contributed by atoms with Gasteiger partial charge in [-0.3, -0.25) is 0 Å². The normalized spacial score (nSPS) is 12.8. The maximum absolute atomic E-state index is 11.7. The van der Waals surface area contributed by atoms with E-state index in [9.17, 15) is 15.0 Å². The van der Waals surface area contributed by atoms with Gasteiger partial charge in [0.25, 0.3) is 0 Å². The van der Waals surface area contributed by atoms with E-state index in [1.807, 2.05) is 0 Å². The van der Waals surface area contributed by atoms with Crippen molar-refractivity contribution in [3.05, 3.63) is 29.8 Å². The van der Waals surface area contributed by atoms with Crippen molar-refractivity contribution >= 4 is 6.09 Å². The quantitative estimate of drug-likeness (QED) is 0.890. The maximum Gasteiger partial charge on any atom is 0.410 e. The first-order valence-electron chi connectivity index (χ1n) is 6.60. The van der Waals surface area contributed by atoms with Crippen molar-refractivity contribution < 1.29 is 19.7 Å². The monoisotopic (exact) mass is 281 g/mol. The summed E-state index contributed by atoms with van der Waals surface area (Å²) in [7, 11) is 1.63. The van der Waals surface area contributed by atoms with Crippen LogP contribution in [0, 0.1) is 0 Å². The largest absolute Gasteiger partial charge is 0.508 e. The molecule has 5 heteroatoms. The average Bonchev–Trinajstić information content (AvgIpc) is 2.33. The van der Waals surface area contributed by atoms with E-state index in [0.717, 1.165) is 0 Å². The number of aromatic hydroxyl groups is 1. The van der Waals surface area contributed by atoms with Crippen LogP contribution in [-0.2, 0) is 4.74 Å². The average molecular weight is 281 g/mol. The lowest BCUT2D eigenvalue weighted by Gasteiger charge is -2.25. The minimum absolute atomic E-state index is 0.113. The van der Waals surface area contributed by atoms with Crippen LogP contribution < -0.4 is 0 Å². The molecule has 0 fully saturated rings. The molecule has 5 nitrogen and oxygen atoms in total. The number of aliphatic hydroxyl groups is 1.